The van der Waals surface area contributed by atoms with E-state index in [0.29, 0.717) is 11.4 Å². The number of ether oxygens (including phenoxy) is 1. The molecule has 6 nitrogen and oxygen atoms in total. The molecule has 0 aliphatic heterocycles. The monoisotopic (exact) mass is 447 g/mol. The predicted octanol–water partition coefficient (Wildman–Crippen LogP) is 4.66. The van der Waals surface area contributed by atoms with Crippen molar-refractivity contribution in [1.82, 2.24) is 9.13 Å². The molecule has 0 saturated carbocycles. The van der Waals surface area contributed by atoms with Gasteiger partial charge in [-0.1, -0.05) is 47.7 Å². The molecule has 0 spiro atoms. The smallest absolute Gasteiger partial charge is 0.328 e. The molecule has 1 aromatic heterocycles. The van der Waals surface area contributed by atoms with Gasteiger partial charge in [0.15, 0.2) is 6.61 Å². The predicted molar refractivity (Wildman–Crippen MR) is 129 cm³/mol. The summed E-state index contributed by atoms with van der Waals surface area (Å²) in [5.41, 5.74) is 4.23. The average molecular weight is 448 g/mol. The summed E-state index contributed by atoms with van der Waals surface area (Å²) in [4.78, 5) is 27.0. The minimum absolute atomic E-state index is 0.106. The van der Waals surface area contributed by atoms with E-state index >= 15 is 0 Å². The maximum Gasteiger partial charge on any atom is 0.328 e. The van der Waals surface area contributed by atoms with Crippen LogP contribution < -0.4 is 15.7 Å². The van der Waals surface area contributed by atoms with Gasteiger partial charge in [0.2, 0.25) is 0 Å². The number of benzene rings is 3. The van der Waals surface area contributed by atoms with E-state index in [9.17, 15) is 9.59 Å². The molecule has 0 aliphatic carbocycles. The number of anilines is 1. The molecule has 0 unspecified atom stereocenters. The molecular formula is C25H25N3O3S. The van der Waals surface area contributed by atoms with Gasteiger partial charge in [-0.2, -0.15) is 0 Å². The number of para-hydroxylation sites is 1. The van der Waals surface area contributed by atoms with Crippen LogP contribution in [0.5, 0.6) is 5.75 Å². The lowest BCUT2D eigenvalue weighted by Crippen LogP contribution is -2.21. The molecule has 1 heterocycles. The number of nitrogens with zero attached hydrogens (tertiary/aromatic N) is 2. The van der Waals surface area contributed by atoms with Crippen LogP contribution in [-0.4, -0.2) is 21.6 Å². The van der Waals surface area contributed by atoms with Crippen LogP contribution in [0.3, 0.4) is 0 Å². The summed E-state index contributed by atoms with van der Waals surface area (Å²) in [6.45, 7) is 3.87. The number of nitrogens with one attached hydrogen (secondary N) is 1. The third-order valence-corrected chi connectivity index (χ3v) is 6.41. The SMILES string of the molecule is Cc1ccc(Sc2cc3c(cc2NC(=O)COc2ccccc2C)n(C)c(=O)n3C)cc1. The van der Waals surface area contributed by atoms with Crippen molar-refractivity contribution in [2.75, 3.05) is 11.9 Å². The van der Waals surface area contributed by atoms with E-state index in [-0.39, 0.29) is 18.2 Å². The van der Waals surface area contributed by atoms with Crippen molar-refractivity contribution in [3.63, 3.8) is 0 Å². The summed E-state index contributed by atoms with van der Waals surface area (Å²) in [5, 5.41) is 2.97. The van der Waals surface area contributed by atoms with Crippen molar-refractivity contribution < 1.29 is 9.53 Å². The highest BCUT2D eigenvalue weighted by molar-refractivity contribution is 7.99. The minimum atomic E-state index is -0.265. The summed E-state index contributed by atoms with van der Waals surface area (Å²) in [5.74, 6) is 0.414. The van der Waals surface area contributed by atoms with Gasteiger partial charge in [0.05, 0.1) is 16.7 Å². The fraction of sp³-hybridized carbons (Fsp3) is 0.200. The van der Waals surface area contributed by atoms with Crippen molar-refractivity contribution in [3.05, 3.63) is 82.3 Å². The zero-order chi connectivity index (χ0) is 22.8. The standard InChI is InChI=1S/C25H25N3O3S/c1-16-9-11-18(12-10-16)32-23-14-21-20(27(3)25(30)28(21)4)13-19(23)26-24(29)15-31-22-8-6-5-7-17(22)2/h5-14H,15H2,1-4H3,(H,26,29). The first-order valence-electron chi connectivity index (χ1n) is 10.3. The first kappa shape index (κ1) is 21.8. The van der Waals surface area contributed by atoms with Crippen LogP contribution in [-0.2, 0) is 18.9 Å². The first-order valence-corrected chi connectivity index (χ1v) is 11.1. The molecule has 32 heavy (non-hydrogen) atoms. The number of hydrogen-bond acceptors (Lipinski definition) is 4. The molecule has 1 amide bonds. The Balaban J connectivity index is 1.65. The van der Waals surface area contributed by atoms with Crippen molar-refractivity contribution in [3.8, 4) is 5.75 Å². The zero-order valence-corrected chi connectivity index (χ0v) is 19.3. The number of hydrogen-bond donors (Lipinski definition) is 1. The molecule has 4 aromatic rings. The van der Waals surface area contributed by atoms with Gasteiger partial charge in [-0.05, 0) is 49.7 Å². The summed E-state index contributed by atoms with van der Waals surface area (Å²) in [6.07, 6.45) is 0. The van der Waals surface area contributed by atoms with Gasteiger partial charge in [-0.15, -0.1) is 0 Å². The van der Waals surface area contributed by atoms with Gasteiger partial charge in [-0.25, -0.2) is 4.79 Å². The largest absolute Gasteiger partial charge is 0.483 e. The van der Waals surface area contributed by atoms with Gasteiger partial charge < -0.3 is 10.1 Å². The van der Waals surface area contributed by atoms with Crippen molar-refractivity contribution in [2.45, 2.75) is 23.6 Å². The molecule has 1 N–H and O–H groups in total. The van der Waals surface area contributed by atoms with Crippen molar-refractivity contribution >= 4 is 34.4 Å². The number of aromatic nitrogens is 2. The van der Waals surface area contributed by atoms with Gasteiger partial charge >= 0.3 is 5.69 Å². The Bertz CT molecular complexity index is 1350. The Morgan fingerprint density at radius 1 is 0.969 bits per heavy atom. The lowest BCUT2D eigenvalue weighted by atomic mass is 10.2. The summed E-state index contributed by atoms with van der Waals surface area (Å²) < 4.78 is 8.89. The minimum Gasteiger partial charge on any atom is -0.483 e. The van der Waals surface area contributed by atoms with E-state index < -0.39 is 0 Å². The molecule has 7 heteroatoms. The molecule has 4 rings (SSSR count). The molecule has 0 aliphatic rings. The van der Waals surface area contributed by atoms with Gasteiger partial charge in [0.25, 0.3) is 5.91 Å². The normalized spacial score (nSPS) is 11.0. The molecule has 0 bridgehead atoms. The van der Waals surface area contributed by atoms with E-state index in [1.54, 1.807) is 35.0 Å². The first-order chi connectivity index (χ1) is 15.3. The third-order valence-electron chi connectivity index (χ3n) is 5.35. The Morgan fingerprint density at radius 2 is 1.62 bits per heavy atom. The topological polar surface area (TPSA) is 65.3 Å². The van der Waals surface area contributed by atoms with Gasteiger partial charge in [-0.3, -0.25) is 13.9 Å². The lowest BCUT2D eigenvalue weighted by molar-refractivity contribution is -0.118. The zero-order valence-electron chi connectivity index (χ0n) is 18.5. The van der Waals surface area contributed by atoms with Crippen LogP contribution in [0.4, 0.5) is 5.69 Å². The molecular weight excluding hydrogens is 422 g/mol. The van der Waals surface area contributed by atoms with E-state index in [1.165, 1.54) is 5.56 Å². The maximum atomic E-state index is 12.7. The Kier molecular flexibility index (Phi) is 6.10. The van der Waals surface area contributed by atoms with Crippen molar-refractivity contribution in [1.29, 1.82) is 0 Å². The fourth-order valence-electron chi connectivity index (χ4n) is 3.49. The number of amides is 1. The second-order valence-corrected chi connectivity index (χ2v) is 8.87. The summed E-state index contributed by atoms with van der Waals surface area (Å²) in [7, 11) is 3.48. The highest BCUT2D eigenvalue weighted by atomic mass is 32.2. The highest BCUT2D eigenvalue weighted by Gasteiger charge is 2.16. The third kappa shape index (κ3) is 4.43. The van der Waals surface area contributed by atoms with Crippen LogP contribution >= 0.6 is 11.8 Å². The van der Waals surface area contributed by atoms with E-state index in [1.807, 2.05) is 74.5 Å². The summed E-state index contributed by atoms with van der Waals surface area (Å²) in [6, 6.07) is 19.6. The van der Waals surface area contributed by atoms with E-state index in [0.717, 1.165) is 26.4 Å². The maximum absolute atomic E-state index is 12.7. The number of fused-ring (bicyclic) bond motifs is 1. The number of imidazole rings is 1. The van der Waals surface area contributed by atoms with Crippen LogP contribution in [0.15, 0.2) is 75.2 Å². The molecule has 3 aromatic carbocycles. The second kappa shape index (κ2) is 8.96. The Hall–Kier alpha value is -3.45. The quantitative estimate of drug-likeness (QED) is 0.467. The fourth-order valence-corrected chi connectivity index (χ4v) is 4.41. The molecule has 0 fully saturated rings. The summed E-state index contributed by atoms with van der Waals surface area (Å²) >= 11 is 1.54. The van der Waals surface area contributed by atoms with Crippen molar-refractivity contribution in [2.24, 2.45) is 14.1 Å². The molecule has 164 valence electrons. The average Bonchev–Trinajstić information content (AvgIpc) is 2.98. The number of carbonyl (C=O) groups is 1. The van der Waals surface area contributed by atoms with Gasteiger partial charge in [0, 0.05) is 23.9 Å². The highest BCUT2D eigenvalue weighted by Crippen LogP contribution is 2.36. The van der Waals surface area contributed by atoms with Crippen LogP contribution in [0.1, 0.15) is 11.1 Å². The van der Waals surface area contributed by atoms with Crippen LogP contribution in [0.25, 0.3) is 11.0 Å². The lowest BCUT2D eigenvalue weighted by Gasteiger charge is -2.13. The Morgan fingerprint density at radius 3 is 2.31 bits per heavy atom. The molecule has 0 atom stereocenters. The van der Waals surface area contributed by atoms with Crippen LogP contribution in [0, 0.1) is 13.8 Å². The second-order valence-electron chi connectivity index (χ2n) is 7.76. The van der Waals surface area contributed by atoms with Crippen LogP contribution in [0.2, 0.25) is 0 Å². The van der Waals surface area contributed by atoms with E-state index in [4.69, 9.17) is 4.74 Å². The number of rotatable bonds is 6. The number of aryl methyl sites for hydroxylation is 4. The van der Waals surface area contributed by atoms with E-state index in [2.05, 4.69) is 5.32 Å². The number of carbonyl (C=O) groups excluding carboxylic acids is 1. The Labute approximate surface area is 190 Å². The van der Waals surface area contributed by atoms with Gasteiger partial charge in [0.1, 0.15) is 5.75 Å². The molecule has 0 saturated heterocycles. The molecule has 0 radical (unpaired) electrons.